The SMILES string of the molecule is COc1cc2c(ccc3cc(OC)c(OC)c(OC)c32)cc1O.COc1ccc(/C=C/c2cc(OC)c(OC)c(OC)c2)cc1O.COc1ccc(/C=C\c2cc(OC)c(OC)c(OC)c2)cc1O. The molecule has 0 unspecified atom stereocenters. The van der Waals surface area contributed by atoms with Crippen LogP contribution in [0.1, 0.15) is 22.3 Å². The molecule has 0 aliphatic heterocycles. The van der Waals surface area contributed by atoms with E-state index in [0.29, 0.717) is 69.0 Å². The molecule has 15 nitrogen and oxygen atoms in total. The topological polar surface area (TPSA) is 171 Å². The Bertz CT molecular complexity index is 2750. The Morgan fingerprint density at radius 1 is 0.275 bits per heavy atom. The van der Waals surface area contributed by atoms with Crippen LogP contribution < -0.4 is 56.8 Å². The van der Waals surface area contributed by atoms with Crippen molar-refractivity contribution in [3.8, 4) is 86.2 Å². The number of phenolic OH excluding ortho intramolecular Hbond substituents is 3. The summed E-state index contributed by atoms with van der Waals surface area (Å²) < 4.78 is 63.6. The number of hydrogen-bond donors (Lipinski definition) is 3. The maximum atomic E-state index is 9.99. The smallest absolute Gasteiger partial charge is 0.203 e. The molecule has 7 aromatic carbocycles. The summed E-state index contributed by atoms with van der Waals surface area (Å²) in [6.07, 6.45) is 7.54. The van der Waals surface area contributed by atoms with Gasteiger partial charge < -0.3 is 72.2 Å². The van der Waals surface area contributed by atoms with Gasteiger partial charge in [0.1, 0.15) is 0 Å². The predicted molar refractivity (Wildman–Crippen MR) is 269 cm³/mol. The van der Waals surface area contributed by atoms with E-state index in [2.05, 4.69) is 0 Å². The van der Waals surface area contributed by atoms with Crippen molar-refractivity contribution in [3.05, 3.63) is 113 Å². The van der Waals surface area contributed by atoms with E-state index in [-0.39, 0.29) is 17.2 Å². The Hall–Kier alpha value is -8.46. The lowest BCUT2D eigenvalue weighted by molar-refractivity contribution is 0.324. The number of ether oxygens (including phenoxy) is 12. The van der Waals surface area contributed by atoms with E-state index >= 15 is 0 Å². The van der Waals surface area contributed by atoms with Gasteiger partial charge in [-0.05, 0) is 105 Å². The second-order valence-electron chi connectivity index (χ2n) is 14.5. The third-order valence-electron chi connectivity index (χ3n) is 10.6. The Morgan fingerprint density at radius 2 is 0.623 bits per heavy atom. The molecule has 15 heteroatoms. The van der Waals surface area contributed by atoms with Gasteiger partial charge in [-0.15, -0.1) is 0 Å². The first-order chi connectivity index (χ1) is 33.4. The first-order valence-electron chi connectivity index (χ1n) is 21.0. The summed E-state index contributed by atoms with van der Waals surface area (Å²) >= 11 is 0. The molecule has 0 saturated heterocycles. The average molecular weight is 947 g/mol. The number of hydrogen-bond acceptors (Lipinski definition) is 15. The number of methoxy groups -OCH3 is 12. The van der Waals surface area contributed by atoms with Gasteiger partial charge in [-0.25, -0.2) is 0 Å². The van der Waals surface area contributed by atoms with Crippen molar-refractivity contribution >= 4 is 45.8 Å². The normalized spacial score (nSPS) is 10.7. The second kappa shape index (κ2) is 24.3. The van der Waals surface area contributed by atoms with Crippen LogP contribution in [0.3, 0.4) is 0 Å². The van der Waals surface area contributed by atoms with Crippen LogP contribution in [0.15, 0.2) is 91.0 Å². The van der Waals surface area contributed by atoms with Crippen molar-refractivity contribution in [3.63, 3.8) is 0 Å². The molecule has 0 aliphatic carbocycles. The molecule has 7 aromatic rings. The first-order valence-corrected chi connectivity index (χ1v) is 21.0. The molecule has 3 N–H and O–H groups in total. The van der Waals surface area contributed by atoms with Crippen molar-refractivity contribution in [2.45, 2.75) is 0 Å². The predicted octanol–water partition coefficient (Wildman–Crippen LogP) is 10.9. The molecule has 0 bridgehead atoms. The fourth-order valence-corrected chi connectivity index (χ4v) is 7.27. The third-order valence-corrected chi connectivity index (χ3v) is 10.6. The van der Waals surface area contributed by atoms with E-state index in [1.807, 2.05) is 78.9 Å². The van der Waals surface area contributed by atoms with E-state index in [4.69, 9.17) is 56.8 Å². The summed E-state index contributed by atoms with van der Waals surface area (Å²) in [5, 5.41) is 33.2. The quantitative estimate of drug-likeness (QED) is 0.0617. The zero-order valence-corrected chi connectivity index (χ0v) is 40.7. The van der Waals surface area contributed by atoms with Crippen LogP contribution in [0, 0.1) is 0 Å². The maximum absolute atomic E-state index is 9.99. The van der Waals surface area contributed by atoms with Gasteiger partial charge in [-0.1, -0.05) is 48.6 Å². The molecule has 0 aromatic heterocycles. The Balaban J connectivity index is 0.000000193. The maximum Gasteiger partial charge on any atom is 0.203 e. The summed E-state index contributed by atoms with van der Waals surface area (Å²) in [6.45, 7) is 0. The van der Waals surface area contributed by atoms with Gasteiger partial charge in [0.2, 0.25) is 17.2 Å². The lowest BCUT2D eigenvalue weighted by atomic mass is 9.99. The van der Waals surface area contributed by atoms with Gasteiger partial charge in [-0.3, -0.25) is 0 Å². The van der Waals surface area contributed by atoms with Crippen LogP contribution >= 0.6 is 0 Å². The van der Waals surface area contributed by atoms with Crippen LogP contribution in [0.5, 0.6) is 86.2 Å². The standard InChI is InChI=1S/C18H18O5.2C18H20O5/c1-20-14-9-12-10(7-13(14)19)5-6-11-8-15(21-2)17(22-3)18(23-4)16(11)12;2*1-20-15-8-7-12(9-14(15)19)5-6-13-10-16(21-2)18(23-4)17(11-13)22-3/h5-9,19H,1-4H3;2*5-11,19H,1-4H3/b;6-5+;6-5-. The molecule has 0 heterocycles. The lowest BCUT2D eigenvalue weighted by Gasteiger charge is -2.16. The molecule has 0 amide bonds. The zero-order chi connectivity index (χ0) is 50.2. The first kappa shape index (κ1) is 51.5. The van der Waals surface area contributed by atoms with E-state index in [9.17, 15) is 15.3 Å². The van der Waals surface area contributed by atoms with Crippen LogP contribution in [-0.2, 0) is 0 Å². The van der Waals surface area contributed by atoms with Crippen molar-refractivity contribution in [1.82, 2.24) is 0 Å². The van der Waals surface area contributed by atoms with Crippen LogP contribution in [0.4, 0.5) is 0 Å². The van der Waals surface area contributed by atoms with Crippen molar-refractivity contribution in [2.24, 2.45) is 0 Å². The van der Waals surface area contributed by atoms with E-state index < -0.39 is 0 Å². The number of phenols is 3. The molecule has 0 radical (unpaired) electrons. The molecule has 0 fully saturated rings. The molecular weight excluding hydrogens is 889 g/mol. The van der Waals surface area contributed by atoms with Gasteiger partial charge in [0.25, 0.3) is 0 Å². The van der Waals surface area contributed by atoms with E-state index in [1.54, 1.807) is 100 Å². The molecule has 7 rings (SSSR count). The second-order valence-corrected chi connectivity index (χ2v) is 14.5. The molecule has 0 aliphatic rings. The van der Waals surface area contributed by atoms with Crippen LogP contribution in [-0.4, -0.2) is 101 Å². The summed E-state index contributed by atoms with van der Waals surface area (Å²) in [6, 6.07) is 27.0. The highest BCUT2D eigenvalue weighted by Gasteiger charge is 2.19. The molecule has 0 spiro atoms. The summed E-state index contributed by atoms with van der Waals surface area (Å²) in [5.41, 5.74) is 3.46. The largest absolute Gasteiger partial charge is 0.504 e. The molecular formula is C54H58O15. The van der Waals surface area contributed by atoms with Gasteiger partial charge in [-0.2, -0.15) is 0 Å². The van der Waals surface area contributed by atoms with Crippen LogP contribution in [0.2, 0.25) is 0 Å². The Morgan fingerprint density at radius 3 is 0.986 bits per heavy atom. The number of aromatic hydroxyl groups is 3. The number of fused-ring (bicyclic) bond motifs is 3. The van der Waals surface area contributed by atoms with Crippen molar-refractivity contribution < 1.29 is 72.2 Å². The summed E-state index contributed by atoms with van der Waals surface area (Å²) in [7, 11) is 18.7. The lowest BCUT2D eigenvalue weighted by Crippen LogP contribution is -1.96. The fourth-order valence-electron chi connectivity index (χ4n) is 7.27. The average Bonchev–Trinajstić information content (AvgIpc) is 3.38. The number of benzene rings is 7. The summed E-state index contributed by atoms with van der Waals surface area (Å²) in [5.74, 6) is 6.73. The minimum Gasteiger partial charge on any atom is -0.504 e. The molecule has 0 atom stereocenters. The summed E-state index contributed by atoms with van der Waals surface area (Å²) in [4.78, 5) is 0. The van der Waals surface area contributed by atoms with Gasteiger partial charge in [0, 0.05) is 5.39 Å². The minimum atomic E-state index is 0.0961. The van der Waals surface area contributed by atoms with E-state index in [0.717, 1.165) is 43.8 Å². The van der Waals surface area contributed by atoms with Crippen LogP contribution in [0.25, 0.3) is 45.8 Å². The highest BCUT2D eigenvalue weighted by Crippen LogP contribution is 2.47. The van der Waals surface area contributed by atoms with Gasteiger partial charge in [0.15, 0.2) is 69.0 Å². The molecule has 364 valence electrons. The number of rotatable bonds is 16. The van der Waals surface area contributed by atoms with Gasteiger partial charge >= 0.3 is 0 Å². The third kappa shape index (κ3) is 11.9. The molecule has 69 heavy (non-hydrogen) atoms. The molecule has 0 saturated carbocycles. The highest BCUT2D eigenvalue weighted by atomic mass is 16.5. The highest BCUT2D eigenvalue weighted by molar-refractivity contribution is 6.13. The fraction of sp³-hybridized carbons (Fsp3) is 0.222. The minimum absolute atomic E-state index is 0.0961. The van der Waals surface area contributed by atoms with E-state index in [1.165, 1.54) is 21.3 Å². The van der Waals surface area contributed by atoms with Gasteiger partial charge in [0.05, 0.1) is 85.3 Å². The van der Waals surface area contributed by atoms with Crippen molar-refractivity contribution in [1.29, 1.82) is 0 Å². The zero-order valence-electron chi connectivity index (χ0n) is 40.7. The monoisotopic (exact) mass is 946 g/mol. The Labute approximate surface area is 401 Å². The Kier molecular flexibility index (Phi) is 18.2. The van der Waals surface area contributed by atoms with Crippen molar-refractivity contribution in [2.75, 3.05) is 85.3 Å².